The van der Waals surface area contributed by atoms with Gasteiger partial charge in [0.25, 0.3) is 0 Å². The topological polar surface area (TPSA) is 38.2 Å². The van der Waals surface area contributed by atoms with E-state index in [0.717, 1.165) is 33.6 Å². The van der Waals surface area contributed by atoms with Crippen molar-refractivity contribution in [1.29, 1.82) is 0 Å². The van der Waals surface area contributed by atoms with Gasteiger partial charge in [-0.05, 0) is 29.1 Å². The van der Waals surface area contributed by atoms with Gasteiger partial charge in [-0.2, -0.15) is 0 Å². The third-order valence-electron chi connectivity index (χ3n) is 3.85. The normalized spacial score (nSPS) is 18.8. The summed E-state index contributed by atoms with van der Waals surface area (Å²) in [6, 6.07) is 10.4. The Morgan fingerprint density at radius 2 is 2.05 bits per heavy atom. The molecule has 2 aromatic heterocycles. The molecule has 6 heteroatoms. The molecule has 1 fully saturated rings. The van der Waals surface area contributed by atoms with Crippen molar-refractivity contribution in [2.45, 2.75) is 6.10 Å². The molecule has 22 heavy (non-hydrogen) atoms. The Morgan fingerprint density at radius 1 is 1.18 bits per heavy atom. The van der Waals surface area contributed by atoms with Crippen molar-refractivity contribution in [2.24, 2.45) is 0 Å². The number of anilines is 1. The Kier molecular flexibility index (Phi) is 3.82. The van der Waals surface area contributed by atoms with Crippen LogP contribution in [0.3, 0.4) is 0 Å². The van der Waals surface area contributed by atoms with Crippen LogP contribution in [0.5, 0.6) is 0 Å². The number of hydrogen-bond acceptors (Lipinski definition) is 5. The maximum atomic E-state index is 5.95. The zero-order valence-corrected chi connectivity index (χ0v) is 14.2. The Hall–Kier alpha value is -1.50. The van der Waals surface area contributed by atoms with E-state index in [1.807, 2.05) is 0 Å². The Balaban J connectivity index is 1.63. The molecule has 1 aromatic carbocycles. The van der Waals surface area contributed by atoms with Crippen molar-refractivity contribution in [3.63, 3.8) is 0 Å². The van der Waals surface area contributed by atoms with E-state index >= 15 is 0 Å². The third-order valence-corrected chi connectivity index (χ3v) is 5.20. The van der Waals surface area contributed by atoms with Crippen molar-refractivity contribution in [3.8, 4) is 0 Å². The zero-order chi connectivity index (χ0) is 14.9. The lowest BCUT2D eigenvalue weighted by molar-refractivity contribution is 0.0396. The lowest BCUT2D eigenvalue weighted by Gasteiger charge is -2.34. The summed E-state index contributed by atoms with van der Waals surface area (Å²) in [5.41, 5.74) is 1.20. The van der Waals surface area contributed by atoms with Crippen molar-refractivity contribution >= 4 is 43.3 Å². The van der Waals surface area contributed by atoms with Crippen LogP contribution in [-0.4, -0.2) is 29.7 Å². The summed E-state index contributed by atoms with van der Waals surface area (Å²) >= 11 is 5.12. The molecule has 3 heterocycles. The largest absolute Gasteiger partial charge is 0.370 e. The van der Waals surface area contributed by atoms with Gasteiger partial charge in [-0.3, -0.25) is 0 Å². The van der Waals surface area contributed by atoms with Gasteiger partial charge in [0.1, 0.15) is 23.1 Å². The number of aromatic nitrogens is 2. The van der Waals surface area contributed by atoms with Gasteiger partial charge in [0.2, 0.25) is 0 Å². The van der Waals surface area contributed by atoms with Crippen molar-refractivity contribution in [2.75, 3.05) is 24.6 Å². The lowest BCUT2D eigenvalue weighted by atomic mass is 10.1. The first kappa shape index (κ1) is 14.1. The molecule has 4 nitrogen and oxygen atoms in total. The van der Waals surface area contributed by atoms with Crippen LogP contribution < -0.4 is 4.90 Å². The van der Waals surface area contributed by atoms with E-state index in [-0.39, 0.29) is 6.10 Å². The molecule has 1 aliphatic heterocycles. The predicted molar refractivity (Wildman–Crippen MR) is 92.5 cm³/mol. The van der Waals surface area contributed by atoms with E-state index in [1.54, 1.807) is 17.7 Å². The maximum Gasteiger partial charge on any atom is 0.140 e. The number of morpholine rings is 1. The Labute approximate surface area is 140 Å². The van der Waals surface area contributed by atoms with Gasteiger partial charge in [-0.25, -0.2) is 9.97 Å². The fourth-order valence-electron chi connectivity index (χ4n) is 2.75. The highest BCUT2D eigenvalue weighted by Gasteiger charge is 2.24. The van der Waals surface area contributed by atoms with Gasteiger partial charge in [0, 0.05) is 17.6 Å². The first-order chi connectivity index (χ1) is 10.8. The number of hydrogen-bond donors (Lipinski definition) is 0. The highest BCUT2D eigenvalue weighted by Crippen LogP contribution is 2.31. The van der Waals surface area contributed by atoms with Crippen LogP contribution >= 0.6 is 27.3 Å². The summed E-state index contributed by atoms with van der Waals surface area (Å²) in [6.45, 7) is 2.37. The lowest BCUT2D eigenvalue weighted by Crippen LogP contribution is -2.38. The number of thiophene rings is 1. The summed E-state index contributed by atoms with van der Waals surface area (Å²) in [5, 5.41) is 3.19. The standard InChI is InChI=1S/C16H14BrN3OS/c17-12-3-1-11(2-4-12)14-9-20(6-7-21-14)15-13-5-8-22-16(13)19-10-18-15/h1-5,8,10,14H,6-7,9H2. The highest BCUT2D eigenvalue weighted by molar-refractivity contribution is 9.10. The molecule has 0 amide bonds. The monoisotopic (exact) mass is 375 g/mol. The van der Waals surface area contributed by atoms with E-state index in [0.29, 0.717) is 6.61 Å². The van der Waals surface area contributed by atoms with E-state index in [1.165, 1.54) is 5.56 Å². The van der Waals surface area contributed by atoms with Gasteiger partial charge in [-0.1, -0.05) is 28.1 Å². The number of halogens is 1. The molecule has 0 spiro atoms. The smallest absolute Gasteiger partial charge is 0.140 e. The molecule has 1 saturated heterocycles. The SMILES string of the molecule is Brc1ccc(C2CN(c3ncnc4sccc34)CCO2)cc1. The van der Waals surface area contributed by atoms with Crippen molar-refractivity contribution in [3.05, 3.63) is 52.1 Å². The summed E-state index contributed by atoms with van der Waals surface area (Å²) in [6.07, 6.45) is 1.73. The second kappa shape index (κ2) is 5.95. The predicted octanol–water partition coefficient (Wildman–Crippen LogP) is 4.03. The third kappa shape index (κ3) is 2.62. The molecule has 0 aliphatic carbocycles. The average molecular weight is 376 g/mol. The molecule has 4 rings (SSSR count). The molecule has 0 bridgehead atoms. The average Bonchev–Trinajstić information content (AvgIpc) is 3.04. The van der Waals surface area contributed by atoms with Crippen LogP contribution in [0.15, 0.2) is 46.5 Å². The van der Waals surface area contributed by atoms with Crippen LogP contribution in [0, 0.1) is 0 Å². The summed E-state index contributed by atoms with van der Waals surface area (Å²) in [4.78, 5) is 12.2. The molecule has 3 aromatic rings. The van der Waals surface area contributed by atoms with Crippen molar-refractivity contribution < 1.29 is 4.74 Å². The van der Waals surface area contributed by atoms with Crippen LogP contribution in [0.25, 0.3) is 10.2 Å². The molecule has 1 unspecified atom stereocenters. The number of nitrogens with zero attached hydrogens (tertiary/aromatic N) is 3. The first-order valence-electron chi connectivity index (χ1n) is 7.11. The van der Waals surface area contributed by atoms with E-state index in [2.05, 4.69) is 66.5 Å². The molecule has 1 atom stereocenters. The quantitative estimate of drug-likeness (QED) is 0.677. The van der Waals surface area contributed by atoms with Gasteiger partial charge in [-0.15, -0.1) is 11.3 Å². The number of fused-ring (bicyclic) bond motifs is 1. The second-order valence-electron chi connectivity index (χ2n) is 5.19. The van der Waals surface area contributed by atoms with Crippen LogP contribution in [-0.2, 0) is 4.74 Å². The first-order valence-corrected chi connectivity index (χ1v) is 8.79. The highest BCUT2D eigenvalue weighted by atomic mass is 79.9. The Morgan fingerprint density at radius 3 is 2.91 bits per heavy atom. The number of ether oxygens (including phenoxy) is 1. The minimum atomic E-state index is 0.0745. The van der Waals surface area contributed by atoms with Crippen LogP contribution in [0.4, 0.5) is 5.82 Å². The van der Waals surface area contributed by atoms with Crippen LogP contribution in [0.1, 0.15) is 11.7 Å². The minimum Gasteiger partial charge on any atom is -0.370 e. The maximum absolute atomic E-state index is 5.95. The van der Waals surface area contributed by atoms with Gasteiger partial charge >= 0.3 is 0 Å². The molecule has 0 radical (unpaired) electrons. The number of rotatable bonds is 2. The summed E-state index contributed by atoms with van der Waals surface area (Å²) < 4.78 is 7.03. The number of benzene rings is 1. The van der Waals surface area contributed by atoms with Gasteiger partial charge < -0.3 is 9.64 Å². The molecule has 112 valence electrons. The van der Waals surface area contributed by atoms with Gasteiger partial charge in [0.15, 0.2) is 0 Å². The molecular weight excluding hydrogens is 362 g/mol. The van der Waals surface area contributed by atoms with E-state index in [4.69, 9.17) is 4.74 Å². The minimum absolute atomic E-state index is 0.0745. The van der Waals surface area contributed by atoms with E-state index in [9.17, 15) is 0 Å². The fraction of sp³-hybridized carbons (Fsp3) is 0.250. The summed E-state index contributed by atoms with van der Waals surface area (Å²) in [7, 11) is 0. The summed E-state index contributed by atoms with van der Waals surface area (Å²) in [5.74, 6) is 1.01. The molecule has 0 N–H and O–H groups in total. The fourth-order valence-corrected chi connectivity index (χ4v) is 3.74. The van der Waals surface area contributed by atoms with Crippen LogP contribution in [0.2, 0.25) is 0 Å². The van der Waals surface area contributed by atoms with Gasteiger partial charge in [0.05, 0.1) is 12.0 Å². The Bertz CT molecular complexity index is 789. The second-order valence-corrected chi connectivity index (χ2v) is 7.00. The molecular formula is C16H14BrN3OS. The zero-order valence-electron chi connectivity index (χ0n) is 11.8. The van der Waals surface area contributed by atoms with Crippen molar-refractivity contribution in [1.82, 2.24) is 9.97 Å². The van der Waals surface area contributed by atoms with E-state index < -0.39 is 0 Å². The molecule has 1 aliphatic rings. The molecule has 0 saturated carbocycles.